The summed E-state index contributed by atoms with van der Waals surface area (Å²) in [6.45, 7) is 0. The molecule has 0 spiro atoms. The second-order valence-electron chi connectivity index (χ2n) is 5.25. The van der Waals surface area contributed by atoms with Crippen LogP contribution in [-0.2, 0) is 0 Å². The first-order valence-electron chi connectivity index (χ1n) is 6.51. The number of thioether (sulfide) groups is 1. The van der Waals surface area contributed by atoms with Crippen molar-refractivity contribution in [2.24, 2.45) is 16.3 Å². The molecule has 0 aliphatic heterocycles. The molecule has 0 atom stereocenters. The third-order valence-corrected chi connectivity index (χ3v) is 5.02. The molecule has 3 N–H and O–H groups in total. The van der Waals surface area contributed by atoms with E-state index in [0.717, 1.165) is 34.5 Å². The monoisotopic (exact) mass is 288 g/mol. The number of hydrogen-bond acceptors (Lipinski definition) is 5. The van der Waals surface area contributed by atoms with Crippen LogP contribution in [0.15, 0.2) is 40.8 Å². The van der Waals surface area contributed by atoms with Crippen LogP contribution in [0.5, 0.6) is 0 Å². The molecule has 104 valence electrons. The highest BCUT2D eigenvalue weighted by Crippen LogP contribution is 2.52. The zero-order chi connectivity index (χ0) is 14.0. The largest absolute Gasteiger partial charge is 0.409 e. The van der Waals surface area contributed by atoms with Gasteiger partial charge in [0.05, 0.1) is 5.52 Å². The minimum atomic E-state index is 0.174. The van der Waals surface area contributed by atoms with Crippen LogP contribution in [0.25, 0.3) is 10.9 Å². The molecular formula is C14H16N4OS. The van der Waals surface area contributed by atoms with E-state index in [9.17, 15) is 0 Å². The van der Waals surface area contributed by atoms with Crippen molar-refractivity contribution in [1.82, 2.24) is 9.97 Å². The maximum absolute atomic E-state index is 8.69. The number of benzene rings is 1. The van der Waals surface area contributed by atoms with Crippen molar-refractivity contribution in [2.45, 2.75) is 24.3 Å². The Kier molecular flexibility index (Phi) is 3.48. The first-order valence-corrected chi connectivity index (χ1v) is 7.50. The van der Waals surface area contributed by atoms with Crippen LogP contribution in [0, 0.1) is 5.41 Å². The van der Waals surface area contributed by atoms with Crippen LogP contribution in [0.3, 0.4) is 0 Å². The SMILES string of the molecule is NC(CC1(CSc2ncnc3ccccc23)CC1)=NO. The molecule has 5 nitrogen and oxygen atoms in total. The van der Waals surface area contributed by atoms with Gasteiger partial charge in [0.2, 0.25) is 0 Å². The fourth-order valence-electron chi connectivity index (χ4n) is 2.29. The van der Waals surface area contributed by atoms with Crippen molar-refractivity contribution in [1.29, 1.82) is 0 Å². The highest BCUT2D eigenvalue weighted by Gasteiger charge is 2.43. The van der Waals surface area contributed by atoms with Crippen LogP contribution in [0.2, 0.25) is 0 Å². The average molecular weight is 288 g/mol. The first-order chi connectivity index (χ1) is 9.72. The number of amidine groups is 1. The van der Waals surface area contributed by atoms with Crippen LogP contribution in [0.1, 0.15) is 19.3 Å². The normalized spacial score (nSPS) is 17.3. The lowest BCUT2D eigenvalue weighted by molar-refractivity contribution is 0.315. The molecule has 1 fully saturated rings. The van der Waals surface area contributed by atoms with Gasteiger partial charge in [-0.15, -0.1) is 11.8 Å². The predicted octanol–water partition coefficient (Wildman–Crippen LogP) is 2.64. The number of nitrogens with two attached hydrogens (primary N) is 1. The number of fused-ring (bicyclic) bond motifs is 1. The Labute approximate surface area is 121 Å². The lowest BCUT2D eigenvalue weighted by atomic mass is 10.1. The molecular weight excluding hydrogens is 272 g/mol. The van der Waals surface area contributed by atoms with Crippen LogP contribution in [0.4, 0.5) is 0 Å². The molecule has 0 bridgehead atoms. The summed E-state index contributed by atoms with van der Waals surface area (Å²) >= 11 is 1.73. The zero-order valence-electron chi connectivity index (χ0n) is 11.0. The summed E-state index contributed by atoms with van der Waals surface area (Å²) < 4.78 is 0. The lowest BCUT2D eigenvalue weighted by Gasteiger charge is -2.13. The molecule has 1 aromatic heterocycles. The van der Waals surface area contributed by atoms with Crippen molar-refractivity contribution in [2.75, 3.05) is 5.75 Å². The molecule has 3 rings (SSSR count). The van der Waals surface area contributed by atoms with Crippen molar-refractivity contribution >= 4 is 28.5 Å². The third-order valence-electron chi connectivity index (χ3n) is 3.66. The standard InChI is InChI=1S/C14H16N4OS/c15-12(18-19)7-14(5-6-14)8-20-13-10-3-1-2-4-11(10)16-9-17-13/h1-4,9,19H,5-8H2,(H2,15,18). The Morgan fingerprint density at radius 3 is 2.90 bits per heavy atom. The van der Waals surface area contributed by atoms with Gasteiger partial charge >= 0.3 is 0 Å². The Hall–Kier alpha value is -1.82. The highest BCUT2D eigenvalue weighted by atomic mass is 32.2. The van der Waals surface area contributed by atoms with E-state index < -0.39 is 0 Å². The molecule has 6 heteroatoms. The van der Waals surface area contributed by atoms with Crippen molar-refractivity contribution in [3.63, 3.8) is 0 Å². The summed E-state index contributed by atoms with van der Waals surface area (Å²) in [6, 6.07) is 8.01. The van der Waals surface area contributed by atoms with Crippen LogP contribution >= 0.6 is 11.8 Å². The minimum Gasteiger partial charge on any atom is -0.409 e. The summed E-state index contributed by atoms with van der Waals surface area (Å²) in [4.78, 5) is 8.64. The van der Waals surface area contributed by atoms with Crippen LogP contribution in [-0.4, -0.2) is 26.8 Å². The maximum Gasteiger partial charge on any atom is 0.139 e. The number of oxime groups is 1. The van der Waals surface area contributed by atoms with Gasteiger partial charge < -0.3 is 10.9 Å². The van der Waals surface area contributed by atoms with E-state index >= 15 is 0 Å². The Balaban J connectivity index is 1.75. The van der Waals surface area contributed by atoms with E-state index in [0.29, 0.717) is 12.3 Å². The number of rotatable bonds is 5. The quantitative estimate of drug-likeness (QED) is 0.221. The smallest absolute Gasteiger partial charge is 0.139 e. The third kappa shape index (κ3) is 2.70. The van der Waals surface area contributed by atoms with Gasteiger partial charge in [0.1, 0.15) is 17.2 Å². The molecule has 1 aliphatic rings. The maximum atomic E-state index is 8.69. The van der Waals surface area contributed by atoms with Gasteiger partial charge in [-0.3, -0.25) is 0 Å². The lowest BCUT2D eigenvalue weighted by Crippen LogP contribution is -2.19. The predicted molar refractivity (Wildman–Crippen MR) is 80.0 cm³/mol. The second kappa shape index (κ2) is 5.28. The molecule has 0 amide bonds. The number of para-hydroxylation sites is 1. The Morgan fingerprint density at radius 1 is 1.35 bits per heavy atom. The van der Waals surface area contributed by atoms with Gasteiger partial charge in [0.15, 0.2) is 0 Å². The topological polar surface area (TPSA) is 84.4 Å². The summed E-state index contributed by atoms with van der Waals surface area (Å²) in [5.41, 5.74) is 6.76. The van der Waals surface area contributed by atoms with Crippen molar-refractivity contribution in [3.8, 4) is 0 Å². The highest BCUT2D eigenvalue weighted by molar-refractivity contribution is 7.99. The fourth-order valence-corrected chi connectivity index (χ4v) is 3.57. The van der Waals surface area contributed by atoms with E-state index in [1.54, 1.807) is 18.1 Å². The first kappa shape index (κ1) is 13.2. The van der Waals surface area contributed by atoms with Gasteiger partial charge in [-0.2, -0.15) is 0 Å². The molecule has 1 aromatic carbocycles. The summed E-state index contributed by atoms with van der Waals surface area (Å²) in [6.07, 6.45) is 4.51. The van der Waals surface area contributed by atoms with E-state index in [4.69, 9.17) is 10.9 Å². The average Bonchev–Trinajstić information content (AvgIpc) is 3.25. The molecule has 2 aromatic rings. The van der Waals surface area contributed by atoms with Gasteiger partial charge in [0, 0.05) is 17.6 Å². The molecule has 1 saturated carbocycles. The molecule has 0 unspecified atom stereocenters. The summed E-state index contributed by atoms with van der Waals surface area (Å²) in [7, 11) is 0. The van der Waals surface area contributed by atoms with Gasteiger partial charge in [-0.05, 0) is 24.3 Å². The molecule has 20 heavy (non-hydrogen) atoms. The van der Waals surface area contributed by atoms with Gasteiger partial charge in [-0.25, -0.2) is 9.97 Å². The van der Waals surface area contributed by atoms with Gasteiger partial charge in [0.25, 0.3) is 0 Å². The second-order valence-corrected chi connectivity index (χ2v) is 6.22. The molecule has 1 heterocycles. The summed E-state index contributed by atoms with van der Waals surface area (Å²) in [5.74, 6) is 1.25. The van der Waals surface area contributed by atoms with E-state index in [2.05, 4.69) is 15.1 Å². The molecule has 0 saturated heterocycles. The van der Waals surface area contributed by atoms with Gasteiger partial charge in [-0.1, -0.05) is 23.4 Å². The number of aromatic nitrogens is 2. The number of nitrogens with zero attached hydrogens (tertiary/aromatic N) is 3. The molecule has 0 radical (unpaired) electrons. The van der Waals surface area contributed by atoms with Crippen LogP contribution < -0.4 is 5.73 Å². The zero-order valence-corrected chi connectivity index (χ0v) is 11.8. The fraction of sp³-hybridized carbons (Fsp3) is 0.357. The Morgan fingerprint density at radius 2 is 2.15 bits per heavy atom. The van der Waals surface area contributed by atoms with E-state index in [1.165, 1.54) is 0 Å². The van der Waals surface area contributed by atoms with Crippen molar-refractivity contribution in [3.05, 3.63) is 30.6 Å². The minimum absolute atomic E-state index is 0.174. The number of hydrogen-bond donors (Lipinski definition) is 2. The Bertz CT molecular complexity index is 649. The van der Waals surface area contributed by atoms with E-state index in [-0.39, 0.29) is 5.41 Å². The summed E-state index contributed by atoms with van der Waals surface area (Å²) in [5, 5.41) is 13.9. The van der Waals surface area contributed by atoms with E-state index in [1.807, 2.05) is 24.3 Å². The molecule has 1 aliphatic carbocycles. The van der Waals surface area contributed by atoms with Crippen molar-refractivity contribution < 1.29 is 5.21 Å².